The average molecular weight is 291 g/mol. The van der Waals surface area contributed by atoms with Crippen LogP contribution in [0.25, 0.3) is 0 Å². The molecule has 0 atom stereocenters. The summed E-state index contributed by atoms with van der Waals surface area (Å²) < 4.78 is 17.6. The highest BCUT2D eigenvalue weighted by Crippen LogP contribution is 2.35. The number of para-hydroxylation sites is 1. The fourth-order valence-corrected chi connectivity index (χ4v) is 2.11. The smallest absolute Gasteiger partial charge is 0.220 e. The zero-order chi connectivity index (χ0) is 15.6. The van der Waals surface area contributed by atoms with E-state index in [-0.39, 0.29) is 17.7 Å². The summed E-state index contributed by atoms with van der Waals surface area (Å²) >= 11 is 0. The number of aliphatic imine (C=N–C) groups is 1. The molecule has 21 heavy (non-hydrogen) atoms. The zero-order valence-electron chi connectivity index (χ0n) is 13.8. The minimum atomic E-state index is -0.195. The van der Waals surface area contributed by atoms with Crippen LogP contribution in [-0.2, 0) is 4.74 Å². The summed E-state index contributed by atoms with van der Waals surface area (Å²) in [7, 11) is 0. The fraction of sp³-hybridized carbons (Fsp3) is 0.588. The van der Waals surface area contributed by atoms with Gasteiger partial charge in [0.1, 0.15) is 6.61 Å². The van der Waals surface area contributed by atoms with Crippen LogP contribution in [0.2, 0.25) is 0 Å². The third kappa shape index (κ3) is 3.90. The quantitative estimate of drug-likeness (QED) is 0.828. The van der Waals surface area contributed by atoms with Crippen LogP contribution in [-0.4, -0.2) is 30.3 Å². The average Bonchev–Trinajstić information content (AvgIpc) is 2.70. The Morgan fingerprint density at radius 2 is 1.76 bits per heavy atom. The number of rotatable bonds is 5. The van der Waals surface area contributed by atoms with E-state index in [0.29, 0.717) is 18.3 Å². The monoisotopic (exact) mass is 291 g/mol. The molecule has 0 aliphatic carbocycles. The van der Waals surface area contributed by atoms with Crippen molar-refractivity contribution in [2.75, 3.05) is 6.61 Å². The standard InChI is InChI=1S/C17H25NO3/c1-11(2)20-14-9-7-8-13(15(14)21-12(3)4)16-18-17(5,6)10-19-16/h7-9,11-12H,10H2,1-6H3. The van der Waals surface area contributed by atoms with Crippen molar-refractivity contribution in [3.63, 3.8) is 0 Å². The molecule has 116 valence electrons. The largest absolute Gasteiger partial charge is 0.487 e. The normalized spacial score (nSPS) is 16.9. The number of hydrogen-bond acceptors (Lipinski definition) is 4. The maximum Gasteiger partial charge on any atom is 0.220 e. The van der Waals surface area contributed by atoms with Gasteiger partial charge in [0, 0.05) is 0 Å². The lowest BCUT2D eigenvalue weighted by atomic mass is 10.1. The summed E-state index contributed by atoms with van der Waals surface area (Å²) in [6.45, 7) is 12.7. The molecule has 0 saturated heterocycles. The molecule has 0 spiro atoms. The molecule has 0 aromatic heterocycles. The SMILES string of the molecule is CC(C)Oc1cccc(C2=NC(C)(C)CO2)c1OC(C)C. The first kappa shape index (κ1) is 15.7. The van der Waals surface area contributed by atoms with Gasteiger partial charge >= 0.3 is 0 Å². The second-order valence-electron chi connectivity index (χ2n) is 6.48. The van der Waals surface area contributed by atoms with Crippen LogP contribution in [0.15, 0.2) is 23.2 Å². The number of nitrogens with zero attached hydrogens (tertiary/aromatic N) is 1. The highest BCUT2D eigenvalue weighted by molar-refractivity contribution is 5.98. The molecule has 1 aromatic rings. The Labute approximate surface area is 127 Å². The lowest BCUT2D eigenvalue weighted by Gasteiger charge is -2.19. The van der Waals surface area contributed by atoms with Gasteiger partial charge in [0.25, 0.3) is 0 Å². The Kier molecular flexibility index (Phi) is 4.45. The first-order valence-electron chi connectivity index (χ1n) is 7.48. The van der Waals surface area contributed by atoms with E-state index in [4.69, 9.17) is 14.2 Å². The van der Waals surface area contributed by atoms with E-state index in [1.807, 2.05) is 45.9 Å². The van der Waals surface area contributed by atoms with E-state index >= 15 is 0 Å². The van der Waals surface area contributed by atoms with Crippen molar-refractivity contribution in [2.24, 2.45) is 4.99 Å². The van der Waals surface area contributed by atoms with Crippen LogP contribution in [0.1, 0.15) is 47.1 Å². The molecule has 1 aromatic carbocycles. The maximum atomic E-state index is 5.97. The molecule has 1 heterocycles. The summed E-state index contributed by atoms with van der Waals surface area (Å²) in [6, 6.07) is 5.82. The highest BCUT2D eigenvalue weighted by atomic mass is 16.5. The number of ether oxygens (including phenoxy) is 3. The minimum Gasteiger partial charge on any atom is -0.487 e. The van der Waals surface area contributed by atoms with Crippen LogP contribution in [0.5, 0.6) is 11.5 Å². The molecule has 0 unspecified atom stereocenters. The third-order valence-electron chi connectivity index (χ3n) is 2.89. The summed E-state index contributed by atoms with van der Waals surface area (Å²) in [4.78, 5) is 4.64. The Balaban J connectivity index is 2.45. The van der Waals surface area contributed by atoms with Gasteiger partial charge in [-0.2, -0.15) is 0 Å². The Bertz CT molecular complexity index is 533. The summed E-state index contributed by atoms with van der Waals surface area (Å²) in [5.41, 5.74) is 0.659. The van der Waals surface area contributed by atoms with Gasteiger partial charge in [-0.15, -0.1) is 0 Å². The van der Waals surface area contributed by atoms with Gasteiger partial charge in [0.2, 0.25) is 5.90 Å². The predicted octanol–water partition coefficient (Wildman–Crippen LogP) is 3.82. The van der Waals surface area contributed by atoms with Crippen molar-refractivity contribution in [2.45, 2.75) is 59.3 Å². The predicted molar refractivity (Wildman–Crippen MR) is 84.5 cm³/mol. The van der Waals surface area contributed by atoms with Gasteiger partial charge in [-0.1, -0.05) is 6.07 Å². The molecule has 1 aliphatic rings. The van der Waals surface area contributed by atoms with Crippen LogP contribution in [0.4, 0.5) is 0 Å². The Morgan fingerprint density at radius 1 is 1.10 bits per heavy atom. The fourth-order valence-electron chi connectivity index (χ4n) is 2.11. The van der Waals surface area contributed by atoms with Gasteiger partial charge in [-0.3, -0.25) is 0 Å². The lowest BCUT2D eigenvalue weighted by molar-refractivity contribution is 0.197. The summed E-state index contributed by atoms with van der Waals surface area (Å²) in [6.07, 6.45) is 0.133. The van der Waals surface area contributed by atoms with Crippen LogP contribution < -0.4 is 9.47 Å². The molecule has 4 nitrogen and oxygen atoms in total. The third-order valence-corrected chi connectivity index (χ3v) is 2.89. The topological polar surface area (TPSA) is 40.0 Å². The van der Waals surface area contributed by atoms with Gasteiger partial charge < -0.3 is 14.2 Å². The second-order valence-corrected chi connectivity index (χ2v) is 6.48. The van der Waals surface area contributed by atoms with E-state index in [9.17, 15) is 0 Å². The van der Waals surface area contributed by atoms with E-state index in [0.717, 1.165) is 11.3 Å². The molecular weight excluding hydrogens is 266 g/mol. The zero-order valence-corrected chi connectivity index (χ0v) is 13.8. The van der Waals surface area contributed by atoms with E-state index in [2.05, 4.69) is 18.8 Å². The van der Waals surface area contributed by atoms with Crippen molar-refractivity contribution in [3.05, 3.63) is 23.8 Å². The lowest BCUT2D eigenvalue weighted by Crippen LogP contribution is -2.17. The molecule has 0 saturated carbocycles. The van der Waals surface area contributed by atoms with E-state index in [1.165, 1.54) is 0 Å². The summed E-state index contributed by atoms with van der Waals surface area (Å²) in [5.74, 6) is 2.06. The van der Waals surface area contributed by atoms with Gasteiger partial charge in [-0.05, 0) is 53.7 Å². The Hall–Kier alpha value is -1.71. The Morgan fingerprint density at radius 3 is 2.29 bits per heavy atom. The van der Waals surface area contributed by atoms with Crippen LogP contribution in [0, 0.1) is 0 Å². The molecule has 4 heteroatoms. The van der Waals surface area contributed by atoms with Crippen molar-refractivity contribution >= 4 is 5.90 Å². The molecule has 1 aliphatic heterocycles. The maximum absolute atomic E-state index is 5.97. The summed E-state index contributed by atoms with van der Waals surface area (Å²) in [5, 5.41) is 0. The van der Waals surface area contributed by atoms with E-state index < -0.39 is 0 Å². The second kappa shape index (κ2) is 5.96. The minimum absolute atomic E-state index is 0.0516. The molecule has 0 N–H and O–H groups in total. The first-order chi connectivity index (χ1) is 9.78. The van der Waals surface area contributed by atoms with Gasteiger partial charge in [0.15, 0.2) is 11.5 Å². The molecule has 0 fully saturated rings. The van der Waals surface area contributed by atoms with Crippen LogP contribution >= 0.6 is 0 Å². The van der Waals surface area contributed by atoms with Crippen molar-refractivity contribution in [1.29, 1.82) is 0 Å². The molecular formula is C17H25NO3. The number of benzene rings is 1. The molecule has 0 bridgehead atoms. The van der Waals surface area contributed by atoms with E-state index in [1.54, 1.807) is 0 Å². The van der Waals surface area contributed by atoms with Crippen molar-refractivity contribution < 1.29 is 14.2 Å². The van der Waals surface area contributed by atoms with Gasteiger partial charge in [-0.25, -0.2) is 4.99 Å². The van der Waals surface area contributed by atoms with Gasteiger partial charge in [0.05, 0.1) is 23.3 Å². The molecule has 0 radical (unpaired) electrons. The number of hydrogen-bond donors (Lipinski definition) is 0. The molecule has 2 rings (SSSR count). The van der Waals surface area contributed by atoms with Crippen LogP contribution in [0.3, 0.4) is 0 Å². The highest BCUT2D eigenvalue weighted by Gasteiger charge is 2.29. The van der Waals surface area contributed by atoms with Crippen molar-refractivity contribution in [3.8, 4) is 11.5 Å². The molecule has 0 amide bonds. The van der Waals surface area contributed by atoms with Crippen molar-refractivity contribution in [1.82, 2.24) is 0 Å². The first-order valence-corrected chi connectivity index (χ1v) is 7.48.